The Bertz CT molecular complexity index is 487. The number of piperidine rings is 1. The molecule has 0 radical (unpaired) electrons. The zero-order valence-corrected chi connectivity index (χ0v) is 12.6. The molecule has 1 amide bonds. The summed E-state index contributed by atoms with van der Waals surface area (Å²) in [6.07, 6.45) is 3.25. The number of nitrogens with zero attached hydrogens (tertiary/aromatic N) is 2. The van der Waals surface area contributed by atoms with Gasteiger partial charge in [-0.2, -0.15) is 8.78 Å². The van der Waals surface area contributed by atoms with Gasteiger partial charge in [-0.1, -0.05) is 0 Å². The predicted molar refractivity (Wildman–Crippen MR) is 77.6 cm³/mol. The van der Waals surface area contributed by atoms with Crippen LogP contribution in [0.15, 0.2) is 12.1 Å². The van der Waals surface area contributed by atoms with E-state index in [-0.39, 0.29) is 5.69 Å². The maximum atomic E-state index is 12.9. The quantitative estimate of drug-likeness (QED) is 0.907. The first-order chi connectivity index (χ1) is 9.99. The summed E-state index contributed by atoms with van der Waals surface area (Å²) in [4.78, 5) is 14.3. The molecule has 0 aromatic carbocycles. The van der Waals surface area contributed by atoms with E-state index in [9.17, 15) is 13.6 Å². The normalized spacial score (nSPS) is 20.0. The van der Waals surface area contributed by atoms with Crippen LogP contribution in [-0.4, -0.2) is 42.1 Å². The van der Waals surface area contributed by atoms with Crippen molar-refractivity contribution in [2.75, 3.05) is 26.7 Å². The fourth-order valence-corrected chi connectivity index (χ4v) is 2.98. The van der Waals surface area contributed by atoms with Crippen LogP contribution in [0.1, 0.15) is 42.0 Å². The highest BCUT2D eigenvalue weighted by Crippen LogP contribution is 2.19. The van der Waals surface area contributed by atoms with Gasteiger partial charge in [-0.05, 0) is 57.8 Å². The van der Waals surface area contributed by atoms with Gasteiger partial charge in [-0.15, -0.1) is 0 Å². The first kappa shape index (κ1) is 15.9. The second kappa shape index (κ2) is 7.02. The third-order valence-electron chi connectivity index (χ3n) is 4.11. The third kappa shape index (κ3) is 4.03. The van der Waals surface area contributed by atoms with E-state index >= 15 is 0 Å². The van der Waals surface area contributed by atoms with E-state index in [1.165, 1.54) is 25.0 Å². The van der Waals surface area contributed by atoms with Crippen LogP contribution in [0, 0.1) is 12.8 Å². The molecule has 118 valence electrons. The van der Waals surface area contributed by atoms with Crippen molar-refractivity contribution >= 4 is 5.91 Å². The number of hydrogen-bond donors (Lipinski definition) is 1. The molecule has 4 nitrogen and oxygen atoms in total. The zero-order chi connectivity index (χ0) is 15.4. The molecule has 1 N–H and O–H groups in total. The summed E-state index contributed by atoms with van der Waals surface area (Å²) in [5, 5.41) is 2.76. The molecule has 1 fully saturated rings. The average molecular weight is 299 g/mol. The molecule has 1 aliphatic heterocycles. The van der Waals surface area contributed by atoms with E-state index in [1.54, 1.807) is 6.92 Å². The maximum absolute atomic E-state index is 12.9. The van der Waals surface area contributed by atoms with Crippen molar-refractivity contribution in [2.24, 2.45) is 5.92 Å². The zero-order valence-electron chi connectivity index (χ0n) is 12.6. The van der Waals surface area contributed by atoms with Gasteiger partial charge in [0.05, 0.1) is 0 Å². The summed E-state index contributed by atoms with van der Waals surface area (Å²) in [7, 11) is 2.10. The Morgan fingerprint density at radius 2 is 2.24 bits per heavy atom. The number of aryl methyl sites for hydroxylation is 1. The van der Waals surface area contributed by atoms with E-state index in [0.29, 0.717) is 18.2 Å². The molecule has 1 aromatic heterocycles. The lowest BCUT2D eigenvalue weighted by Crippen LogP contribution is -2.35. The first-order valence-corrected chi connectivity index (χ1v) is 7.41. The SMILES string of the molecule is Cc1ccc(C(=O)NCC[C@H]2CCCN(C)C2)n1C(F)F. The number of halogens is 2. The molecule has 2 rings (SSSR count). The minimum Gasteiger partial charge on any atom is -0.351 e. The van der Waals surface area contributed by atoms with Crippen LogP contribution in [-0.2, 0) is 0 Å². The van der Waals surface area contributed by atoms with Crippen molar-refractivity contribution in [1.29, 1.82) is 0 Å². The number of rotatable bonds is 5. The summed E-state index contributed by atoms with van der Waals surface area (Å²) in [5.41, 5.74) is 0.423. The first-order valence-electron chi connectivity index (χ1n) is 7.41. The van der Waals surface area contributed by atoms with Gasteiger partial charge in [0.2, 0.25) is 0 Å². The van der Waals surface area contributed by atoms with E-state index in [1.807, 2.05) is 0 Å². The second-order valence-corrected chi connectivity index (χ2v) is 5.82. The second-order valence-electron chi connectivity index (χ2n) is 5.82. The fourth-order valence-electron chi connectivity index (χ4n) is 2.98. The lowest BCUT2D eigenvalue weighted by atomic mass is 9.95. The van der Waals surface area contributed by atoms with Crippen LogP contribution in [0.4, 0.5) is 8.78 Å². The number of hydrogen-bond acceptors (Lipinski definition) is 2. The number of nitrogens with one attached hydrogen (secondary N) is 1. The minimum absolute atomic E-state index is 0.0308. The molecule has 1 aliphatic rings. The van der Waals surface area contributed by atoms with Crippen LogP contribution in [0.3, 0.4) is 0 Å². The maximum Gasteiger partial charge on any atom is 0.319 e. The lowest BCUT2D eigenvalue weighted by Gasteiger charge is -2.29. The average Bonchev–Trinajstić information content (AvgIpc) is 2.81. The van der Waals surface area contributed by atoms with Gasteiger partial charge in [0.1, 0.15) is 5.69 Å². The predicted octanol–water partition coefficient (Wildman–Crippen LogP) is 2.65. The van der Waals surface area contributed by atoms with Crippen LogP contribution in [0.25, 0.3) is 0 Å². The Hall–Kier alpha value is -1.43. The fraction of sp³-hybridized carbons (Fsp3) is 0.667. The summed E-state index contributed by atoms with van der Waals surface area (Å²) in [6, 6.07) is 2.99. The molecule has 1 atom stereocenters. The molecular weight excluding hydrogens is 276 g/mol. The number of alkyl halides is 2. The van der Waals surface area contributed by atoms with Crippen molar-refractivity contribution in [3.63, 3.8) is 0 Å². The monoisotopic (exact) mass is 299 g/mol. The summed E-state index contributed by atoms with van der Waals surface area (Å²) >= 11 is 0. The smallest absolute Gasteiger partial charge is 0.319 e. The van der Waals surface area contributed by atoms with Gasteiger partial charge < -0.3 is 10.2 Å². The summed E-state index contributed by atoms with van der Waals surface area (Å²) in [6.45, 7) is 1.59. The number of carbonyl (C=O) groups excluding carboxylic acids is 1. The number of amides is 1. The molecule has 0 bridgehead atoms. The van der Waals surface area contributed by atoms with Gasteiger partial charge in [0.15, 0.2) is 0 Å². The van der Waals surface area contributed by atoms with Gasteiger partial charge in [-0.3, -0.25) is 9.36 Å². The number of likely N-dealkylation sites (tertiary alicyclic amines) is 1. The standard InChI is InChI=1S/C15H23F2N3O/c1-11-5-6-13(20(11)15(16)17)14(21)18-8-7-12-4-3-9-19(2)10-12/h5-6,12,15H,3-4,7-10H2,1-2H3,(H,18,21)/t12-/m1/s1. The van der Waals surface area contributed by atoms with Crippen molar-refractivity contribution in [1.82, 2.24) is 14.8 Å². The van der Waals surface area contributed by atoms with Crippen molar-refractivity contribution in [3.8, 4) is 0 Å². The molecule has 0 unspecified atom stereocenters. The molecule has 0 saturated carbocycles. The Kier molecular flexibility index (Phi) is 5.33. The molecule has 21 heavy (non-hydrogen) atoms. The molecular formula is C15H23F2N3O. The topological polar surface area (TPSA) is 37.3 Å². The molecule has 0 aliphatic carbocycles. The lowest BCUT2D eigenvalue weighted by molar-refractivity contribution is 0.0617. The molecule has 6 heteroatoms. The van der Waals surface area contributed by atoms with Gasteiger partial charge >= 0.3 is 6.55 Å². The Balaban J connectivity index is 1.85. The molecule has 1 saturated heterocycles. The van der Waals surface area contributed by atoms with Gasteiger partial charge in [0.25, 0.3) is 5.91 Å². The highest BCUT2D eigenvalue weighted by Gasteiger charge is 2.20. The Labute approximate surface area is 124 Å². The van der Waals surface area contributed by atoms with Crippen LogP contribution < -0.4 is 5.32 Å². The highest BCUT2D eigenvalue weighted by atomic mass is 19.3. The third-order valence-corrected chi connectivity index (χ3v) is 4.11. The number of aromatic nitrogens is 1. The van der Waals surface area contributed by atoms with Crippen LogP contribution in [0.2, 0.25) is 0 Å². The molecule has 2 heterocycles. The largest absolute Gasteiger partial charge is 0.351 e. The van der Waals surface area contributed by atoms with E-state index in [2.05, 4.69) is 17.3 Å². The van der Waals surface area contributed by atoms with E-state index < -0.39 is 12.5 Å². The minimum atomic E-state index is -2.69. The Morgan fingerprint density at radius 3 is 2.90 bits per heavy atom. The Morgan fingerprint density at radius 1 is 1.48 bits per heavy atom. The highest BCUT2D eigenvalue weighted by molar-refractivity contribution is 5.92. The summed E-state index contributed by atoms with van der Waals surface area (Å²) < 4.78 is 26.6. The van der Waals surface area contributed by atoms with Crippen LogP contribution >= 0.6 is 0 Å². The van der Waals surface area contributed by atoms with Crippen molar-refractivity contribution in [3.05, 3.63) is 23.5 Å². The van der Waals surface area contributed by atoms with Crippen molar-refractivity contribution < 1.29 is 13.6 Å². The summed E-state index contributed by atoms with van der Waals surface area (Å²) in [5.74, 6) is 0.153. The van der Waals surface area contributed by atoms with Gasteiger partial charge in [0, 0.05) is 18.8 Å². The van der Waals surface area contributed by atoms with E-state index in [4.69, 9.17) is 0 Å². The molecule has 0 spiro atoms. The van der Waals surface area contributed by atoms with E-state index in [0.717, 1.165) is 24.1 Å². The van der Waals surface area contributed by atoms with Crippen molar-refractivity contribution in [2.45, 2.75) is 32.7 Å². The molecule has 1 aromatic rings. The van der Waals surface area contributed by atoms with Gasteiger partial charge in [-0.25, -0.2) is 0 Å². The number of carbonyl (C=O) groups is 1. The van der Waals surface area contributed by atoms with Crippen LogP contribution in [0.5, 0.6) is 0 Å².